The van der Waals surface area contributed by atoms with Crippen LogP contribution in [-0.2, 0) is 35.8 Å². The highest BCUT2D eigenvalue weighted by molar-refractivity contribution is 7.92. The van der Waals surface area contributed by atoms with E-state index in [2.05, 4.69) is 61.1 Å². The zero-order valence-electron chi connectivity index (χ0n) is 41.0. The van der Waals surface area contributed by atoms with Crippen molar-refractivity contribution >= 4 is 77.0 Å². The van der Waals surface area contributed by atoms with Gasteiger partial charge in [0.2, 0.25) is 0 Å². The molecule has 3 heterocycles. The molecule has 21 heteroatoms. The summed E-state index contributed by atoms with van der Waals surface area (Å²) >= 11 is 6.24. The molecule has 2 aliphatic rings. The average molecular weight is 1080 g/mol. The number of methoxy groups -OCH3 is 1. The first-order valence-electron chi connectivity index (χ1n) is 24.0. The molecule has 15 nitrogen and oxygen atoms in total. The Bertz CT molecular complexity index is 3270. The number of aromatic amines is 1. The average Bonchev–Trinajstić information content (AvgIpc) is 3.84. The molecule has 1 fully saturated rings. The van der Waals surface area contributed by atoms with Crippen molar-refractivity contribution in [2.24, 2.45) is 5.41 Å². The predicted octanol–water partition coefficient (Wildman–Crippen LogP) is 10.2. The van der Waals surface area contributed by atoms with Gasteiger partial charge in [0.15, 0.2) is 0 Å². The van der Waals surface area contributed by atoms with Crippen molar-refractivity contribution in [3.8, 4) is 11.5 Å². The topological polar surface area (TPSA) is 192 Å². The summed E-state index contributed by atoms with van der Waals surface area (Å²) in [5.74, 6) is -1.28. The van der Waals surface area contributed by atoms with Crippen molar-refractivity contribution < 1.29 is 49.1 Å². The van der Waals surface area contributed by atoms with E-state index in [1.807, 2.05) is 29.0 Å². The van der Waals surface area contributed by atoms with Gasteiger partial charge in [0.25, 0.3) is 25.8 Å². The number of aromatic nitrogens is 2. The van der Waals surface area contributed by atoms with Crippen molar-refractivity contribution in [3.63, 3.8) is 0 Å². The van der Waals surface area contributed by atoms with Crippen molar-refractivity contribution in [1.29, 1.82) is 0 Å². The number of hydrogen-bond acceptors (Lipinski definition) is 13. The lowest BCUT2D eigenvalue weighted by Gasteiger charge is -2.39. The monoisotopic (exact) mass is 1080 g/mol. The van der Waals surface area contributed by atoms with Crippen LogP contribution < -0.4 is 25.0 Å². The third-order valence-electron chi connectivity index (χ3n) is 13.2. The Balaban J connectivity index is 0.980. The zero-order valence-corrected chi connectivity index (χ0v) is 43.4. The van der Waals surface area contributed by atoms with E-state index in [-0.39, 0.29) is 48.0 Å². The maximum absolute atomic E-state index is 14.1. The predicted molar refractivity (Wildman–Crippen MR) is 280 cm³/mol. The standard InChI is InChI=1S/C53H57ClF3N7O8S2/c1-52(2)21-19-38(45(32-52)36-9-11-39(54)12-10-36)34-63-25-27-64(28-26-63)41-15-17-44(47(30-41)72-42-29-37-20-22-60-50(37)61-33-42)51(66)62-74(69,70)43-16-18-46(48(31-43)73(67,68)53(55,56)57)59-24-23-58-40-13-7-35(8-14-40)5-4-6-49(65)71-3/h7-18,20,22,29-31,33,58-59H,4-6,19,21,23-28,32,34H2,1-3H3,(H,60,61)(H,62,66). The number of piperazine rings is 1. The summed E-state index contributed by atoms with van der Waals surface area (Å²) in [7, 11) is -9.80. The molecule has 8 rings (SSSR count). The number of alkyl halides is 3. The first-order chi connectivity index (χ1) is 35.2. The number of H-pyrrole nitrogens is 1. The van der Waals surface area contributed by atoms with Crippen LogP contribution in [0.3, 0.4) is 0 Å². The fraction of sp³-hybridized carbons (Fsp3) is 0.340. The normalized spacial score (nSPS) is 15.5. The number of amides is 1. The molecule has 0 spiro atoms. The molecule has 74 heavy (non-hydrogen) atoms. The Labute approximate surface area is 433 Å². The fourth-order valence-corrected chi connectivity index (χ4v) is 11.3. The molecular weight excluding hydrogens is 1020 g/mol. The van der Waals surface area contributed by atoms with Gasteiger partial charge in [-0.25, -0.2) is 26.5 Å². The minimum Gasteiger partial charge on any atom is -0.469 e. The number of benzene rings is 4. The maximum Gasteiger partial charge on any atom is 0.501 e. The Morgan fingerprint density at radius 2 is 1.61 bits per heavy atom. The van der Waals surface area contributed by atoms with E-state index in [1.54, 1.807) is 42.6 Å². The zero-order chi connectivity index (χ0) is 52.8. The van der Waals surface area contributed by atoms with E-state index < -0.39 is 46.8 Å². The summed E-state index contributed by atoms with van der Waals surface area (Å²) in [6.45, 7) is 8.20. The summed E-state index contributed by atoms with van der Waals surface area (Å²) < 4.78 is 109. The number of nitrogens with one attached hydrogen (secondary N) is 4. The van der Waals surface area contributed by atoms with Gasteiger partial charge in [-0.3, -0.25) is 14.5 Å². The Hall–Kier alpha value is -6.61. The molecule has 4 N–H and O–H groups in total. The van der Waals surface area contributed by atoms with Crippen LogP contribution in [0.4, 0.5) is 30.2 Å². The second-order valence-electron chi connectivity index (χ2n) is 19.1. The van der Waals surface area contributed by atoms with Gasteiger partial charge in [-0.1, -0.05) is 55.3 Å². The largest absolute Gasteiger partial charge is 0.501 e. The van der Waals surface area contributed by atoms with E-state index in [9.17, 15) is 39.6 Å². The van der Waals surface area contributed by atoms with Crippen LogP contribution in [0.1, 0.15) is 67.4 Å². The number of anilines is 3. The first kappa shape index (κ1) is 53.7. The highest BCUT2D eigenvalue weighted by atomic mass is 35.5. The number of carbonyl (C=O) groups is 2. The molecule has 1 saturated heterocycles. The summed E-state index contributed by atoms with van der Waals surface area (Å²) in [4.78, 5) is 35.1. The number of esters is 1. The number of aryl methyl sites for hydroxylation is 1. The van der Waals surface area contributed by atoms with Crippen LogP contribution in [-0.4, -0.2) is 102 Å². The molecule has 2 aromatic heterocycles. The molecule has 1 aliphatic carbocycles. The number of allylic oxidation sites excluding steroid dienone is 1. The number of sulfonamides is 1. The number of fused-ring (bicyclic) bond motifs is 1. The van der Waals surface area contributed by atoms with Crippen LogP contribution >= 0.6 is 11.6 Å². The van der Waals surface area contributed by atoms with E-state index in [0.29, 0.717) is 59.4 Å². The minimum atomic E-state index is -6.11. The molecule has 392 valence electrons. The molecule has 0 saturated carbocycles. The molecule has 0 bridgehead atoms. The first-order valence-corrected chi connectivity index (χ1v) is 27.4. The number of carbonyl (C=O) groups excluding carboxylic acids is 2. The number of pyridine rings is 1. The SMILES string of the molecule is COC(=O)CCCc1ccc(NCCNc2ccc(S(=O)(=O)NC(=O)c3ccc(N4CCN(CC5=C(c6ccc(Cl)cc6)CC(C)(C)CC5)CC4)cc3Oc3cnc4[nH]ccc4c3)cc2S(=O)(=O)C(F)(F)F)cc1. The fourth-order valence-electron chi connectivity index (χ4n) is 9.11. The molecule has 4 aromatic carbocycles. The molecule has 1 aliphatic heterocycles. The van der Waals surface area contributed by atoms with Crippen molar-refractivity contribution in [3.05, 3.63) is 137 Å². The van der Waals surface area contributed by atoms with E-state index in [1.165, 1.54) is 36.1 Å². The molecule has 1 amide bonds. The lowest BCUT2D eigenvalue weighted by Crippen LogP contribution is -2.47. The Morgan fingerprint density at radius 3 is 2.32 bits per heavy atom. The highest BCUT2D eigenvalue weighted by Gasteiger charge is 2.48. The number of hydrogen-bond donors (Lipinski definition) is 4. The van der Waals surface area contributed by atoms with Gasteiger partial charge < -0.3 is 30.0 Å². The number of rotatable bonds is 19. The minimum absolute atomic E-state index is 0.0306. The van der Waals surface area contributed by atoms with Crippen LogP contribution in [0, 0.1) is 5.41 Å². The van der Waals surface area contributed by atoms with Crippen molar-refractivity contribution in [2.45, 2.75) is 67.7 Å². The molecule has 0 radical (unpaired) electrons. The van der Waals surface area contributed by atoms with Crippen LogP contribution in [0.2, 0.25) is 5.02 Å². The lowest BCUT2D eigenvalue weighted by atomic mass is 9.72. The van der Waals surface area contributed by atoms with Gasteiger partial charge in [0.1, 0.15) is 22.0 Å². The molecular formula is C53H57ClF3N7O8S2. The molecule has 6 aromatic rings. The van der Waals surface area contributed by atoms with Gasteiger partial charge in [-0.2, -0.15) is 13.2 Å². The van der Waals surface area contributed by atoms with Gasteiger partial charge in [0.05, 0.1) is 29.5 Å². The highest BCUT2D eigenvalue weighted by Crippen LogP contribution is 2.44. The van der Waals surface area contributed by atoms with Gasteiger partial charge >= 0.3 is 11.5 Å². The van der Waals surface area contributed by atoms with Crippen LogP contribution in [0.25, 0.3) is 16.6 Å². The van der Waals surface area contributed by atoms with Gasteiger partial charge in [-0.15, -0.1) is 0 Å². The number of halogens is 4. The van der Waals surface area contributed by atoms with E-state index in [0.717, 1.165) is 56.6 Å². The van der Waals surface area contributed by atoms with Gasteiger partial charge in [-0.05, 0) is 121 Å². The number of nitrogens with zero attached hydrogens (tertiary/aromatic N) is 3. The Kier molecular flexibility index (Phi) is 16.3. The quantitative estimate of drug-likeness (QED) is 0.0443. The second-order valence-corrected chi connectivity index (χ2v) is 23.1. The lowest BCUT2D eigenvalue weighted by molar-refractivity contribution is -0.140. The summed E-state index contributed by atoms with van der Waals surface area (Å²) in [6.07, 6.45) is 7.68. The van der Waals surface area contributed by atoms with Gasteiger partial charge in [0, 0.05) is 86.3 Å². The maximum atomic E-state index is 14.1. The third kappa shape index (κ3) is 13.0. The summed E-state index contributed by atoms with van der Waals surface area (Å²) in [6, 6.07) is 25.6. The van der Waals surface area contributed by atoms with E-state index in [4.69, 9.17) is 16.3 Å². The van der Waals surface area contributed by atoms with Crippen LogP contribution in [0.5, 0.6) is 11.5 Å². The smallest absolute Gasteiger partial charge is 0.469 e. The number of ether oxygens (including phenoxy) is 2. The summed E-state index contributed by atoms with van der Waals surface area (Å²) in [5, 5.41) is 7.14. The second kappa shape index (κ2) is 22.5. The van der Waals surface area contributed by atoms with Crippen LogP contribution in [0.15, 0.2) is 125 Å². The van der Waals surface area contributed by atoms with Crippen molar-refractivity contribution in [1.82, 2.24) is 19.6 Å². The van der Waals surface area contributed by atoms with Crippen molar-refractivity contribution in [2.75, 3.05) is 68.5 Å². The molecule has 0 unspecified atom stereocenters. The third-order valence-corrected chi connectivity index (χ3v) is 16.3. The number of sulfone groups is 1. The van der Waals surface area contributed by atoms with E-state index >= 15 is 0 Å². The molecule has 0 atom stereocenters. The Morgan fingerprint density at radius 1 is 0.878 bits per heavy atom. The summed E-state index contributed by atoms with van der Waals surface area (Å²) in [5.41, 5.74) is 0.510.